The van der Waals surface area contributed by atoms with Crippen LogP contribution in [0.1, 0.15) is 27.2 Å². The Bertz CT molecular complexity index is 261. The van der Waals surface area contributed by atoms with Crippen LogP contribution in [0.25, 0.3) is 0 Å². The largest absolute Gasteiger partial charge is 0.378 e. The van der Waals surface area contributed by atoms with E-state index in [0.29, 0.717) is 11.1 Å². The van der Waals surface area contributed by atoms with Gasteiger partial charge in [0.1, 0.15) is 0 Å². The summed E-state index contributed by atoms with van der Waals surface area (Å²) in [6.07, 6.45) is 1.40. The highest BCUT2D eigenvalue weighted by molar-refractivity contribution is 5.14. The predicted molar refractivity (Wildman–Crippen MR) is 60.0 cm³/mol. The van der Waals surface area contributed by atoms with E-state index in [2.05, 4.69) is 30.6 Å². The molecule has 0 radical (unpaired) electrons. The van der Waals surface area contributed by atoms with Gasteiger partial charge in [-0.2, -0.15) is 0 Å². The van der Waals surface area contributed by atoms with Crippen molar-refractivity contribution in [2.24, 2.45) is 0 Å². The van der Waals surface area contributed by atoms with E-state index in [0.717, 1.165) is 19.3 Å². The van der Waals surface area contributed by atoms with Crippen LogP contribution in [-0.4, -0.2) is 59.8 Å². The van der Waals surface area contributed by atoms with Gasteiger partial charge in [0, 0.05) is 30.7 Å². The Morgan fingerprint density at radius 2 is 1.87 bits per heavy atom. The predicted octanol–water partition coefficient (Wildman–Crippen LogP) is 0.944. The van der Waals surface area contributed by atoms with Gasteiger partial charge in [-0.3, -0.25) is 9.80 Å². The zero-order valence-electron chi connectivity index (χ0n) is 10.1. The van der Waals surface area contributed by atoms with Crippen molar-refractivity contribution in [2.75, 3.05) is 32.8 Å². The van der Waals surface area contributed by atoms with Gasteiger partial charge >= 0.3 is 0 Å². The summed E-state index contributed by atoms with van der Waals surface area (Å²) < 4.78 is 5.29. The third-order valence-corrected chi connectivity index (χ3v) is 4.41. The van der Waals surface area contributed by atoms with Gasteiger partial charge in [-0.05, 0) is 27.2 Å². The molecule has 3 aliphatic rings. The summed E-state index contributed by atoms with van der Waals surface area (Å²) in [5, 5.41) is 0. The molecule has 0 saturated carbocycles. The topological polar surface area (TPSA) is 15.7 Å². The Hall–Kier alpha value is -0.120. The molecule has 86 valence electrons. The molecule has 3 heterocycles. The normalized spacial score (nSPS) is 32.2. The maximum Gasteiger partial charge on any atom is 0.0645 e. The number of hydrogen-bond acceptors (Lipinski definition) is 3. The van der Waals surface area contributed by atoms with Gasteiger partial charge < -0.3 is 4.74 Å². The molecular weight excluding hydrogens is 188 g/mol. The summed E-state index contributed by atoms with van der Waals surface area (Å²) in [6.45, 7) is 12.7. The molecule has 0 aromatic rings. The van der Waals surface area contributed by atoms with Gasteiger partial charge in [0.25, 0.3) is 0 Å². The lowest BCUT2D eigenvalue weighted by molar-refractivity contribution is -0.208. The fourth-order valence-electron chi connectivity index (χ4n) is 3.01. The molecule has 3 heteroatoms. The highest BCUT2D eigenvalue weighted by Crippen LogP contribution is 2.44. The summed E-state index contributed by atoms with van der Waals surface area (Å²) in [7, 11) is 0. The highest BCUT2D eigenvalue weighted by Gasteiger charge is 2.57. The van der Waals surface area contributed by atoms with Crippen LogP contribution < -0.4 is 0 Å². The molecule has 15 heavy (non-hydrogen) atoms. The van der Waals surface area contributed by atoms with Crippen LogP contribution in [-0.2, 0) is 4.74 Å². The van der Waals surface area contributed by atoms with E-state index in [4.69, 9.17) is 4.74 Å². The first-order valence-electron chi connectivity index (χ1n) is 6.11. The van der Waals surface area contributed by atoms with Crippen LogP contribution in [0.4, 0.5) is 0 Å². The van der Waals surface area contributed by atoms with E-state index < -0.39 is 0 Å². The van der Waals surface area contributed by atoms with Crippen LogP contribution >= 0.6 is 0 Å². The molecule has 0 bridgehead atoms. The summed E-state index contributed by atoms with van der Waals surface area (Å²) >= 11 is 0. The summed E-state index contributed by atoms with van der Waals surface area (Å²) in [5.74, 6) is 0. The van der Waals surface area contributed by atoms with Gasteiger partial charge in [-0.25, -0.2) is 0 Å². The number of hydrogen-bond donors (Lipinski definition) is 0. The number of likely N-dealkylation sites (tertiary alicyclic amines) is 2. The van der Waals surface area contributed by atoms with Crippen molar-refractivity contribution in [3.8, 4) is 0 Å². The maximum absolute atomic E-state index is 5.29. The lowest BCUT2D eigenvalue weighted by atomic mass is 9.74. The zero-order chi connectivity index (χ0) is 10.7. The van der Waals surface area contributed by atoms with Gasteiger partial charge in [0.05, 0.1) is 19.3 Å². The highest BCUT2D eigenvalue weighted by atomic mass is 16.5. The summed E-state index contributed by atoms with van der Waals surface area (Å²) in [6, 6.07) is 0.737. The number of ether oxygens (including phenoxy) is 1. The molecule has 0 atom stereocenters. The van der Waals surface area contributed by atoms with Crippen LogP contribution in [0.15, 0.2) is 0 Å². The minimum Gasteiger partial charge on any atom is -0.378 e. The van der Waals surface area contributed by atoms with Crippen molar-refractivity contribution in [3.63, 3.8) is 0 Å². The average Bonchev–Trinajstić information content (AvgIpc) is 1.88. The quantitative estimate of drug-likeness (QED) is 0.641. The number of rotatable bonds is 1. The Morgan fingerprint density at radius 3 is 2.20 bits per heavy atom. The second-order valence-corrected chi connectivity index (χ2v) is 6.39. The van der Waals surface area contributed by atoms with Crippen LogP contribution in [0.2, 0.25) is 0 Å². The smallest absolute Gasteiger partial charge is 0.0645 e. The van der Waals surface area contributed by atoms with Gasteiger partial charge in [-0.1, -0.05) is 0 Å². The monoisotopic (exact) mass is 210 g/mol. The molecule has 3 nitrogen and oxygen atoms in total. The SMILES string of the molecule is CC(C)(C)N1CC2(CCN2C2COC2)C1. The van der Waals surface area contributed by atoms with Crippen LogP contribution in [0.5, 0.6) is 0 Å². The third-order valence-electron chi connectivity index (χ3n) is 4.41. The molecule has 1 spiro atoms. The molecular formula is C12H22N2O. The molecule has 0 N–H and O–H groups in total. The minimum absolute atomic E-state index is 0.350. The second-order valence-electron chi connectivity index (χ2n) is 6.39. The Kier molecular flexibility index (Phi) is 1.99. The molecule has 0 unspecified atom stereocenters. The molecule has 0 aliphatic carbocycles. The lowest BCUT2D eigenvalue weighted by Gasteiger charge is -2.68. The van der Waals surface area contributed by atoms with E-state index in [-0.39, 0.29) is 0 Å². The second kappa shape index (κ2) is 2.96. The van der Waals surface area contributed by atoms with E-state index in [1.165, 1.54) is 26.1 Å². The maximum atomic E-state index is 5.29. The van der Waals surface area contributed by atoms with Crippen molar-refractivity contribution >= 4 is 0 Å². The van der Waals surface area contributed by atoms with Gasteiger partial charge in [0.15, 0.2) is 0 Å². The third kappa shape index (κ3) is 1.37. The van der Waals surface area contributed by atoms with Crippen molar-refractivity contribution in [1.29, 1.82) is 0 Å². The Labute approximate surface area is 92.4 Å². The van der Waals surface area contributed by atoms with Crippen LogP contribution in [0.3, 0.4) is 0 Å². The van der Waals surface area contributed by atoms with E-state index in [1.807, 2.05) is 0 Å². The van der Waals surface area contributed by atoms with Crippen molar-refractivity contribution < 1.29 is 4.74 Å². The van der Waals surface area contributed by atoms with Crippen molar-refractivity contribution in [1.82, 2.24) is 9.80 Å². The summed E-state index contributed by atoms with van der Waals surface area (Å²) in [4.78, 5) is 5.29. The average molecular weight is 210 g/mol. The first-order chi connectivity index (χ1) is 7.01. The number of nitrogens with zero attached hydrogens (tertiary/aromatic N) is 2. The molecule has 0 aromatic heterocycles. The molecule has 3 saturated heterocycles. The van der Waals surface area contributed by atoms with Gasteiger partial charge in [0.2, 0.25) is 0 Å². The zero-order valence-corrected chi connectivity index (χ0v) is 10.1. The molecule has 3 fully saturated rings. The molecule has 3 aliphatic heterocycles. The first kappa shape index (κ1) is 10.1. The Balaban J connectivity index is 1.60. The fraction of sp³-hybridized carbons (Fsp3) is 1.00. The summed E-state index contributed by atoms with van der Waals surface area (Å²) in [5.41, 5.74) is 0.893. The van der Waals surface area contributed by atoms with E-state index >= 15 is 0 Å². The Morgan fingerprint density at radius 1 is 1.20 bits per heavy atom. The fourth-order valence-corrected chi connectivity index (χ4v) is 3.01. The lowest BCUT2D eigenvalue weighted by Crippen LogP contribution is -2.82. The van der Waals surface area contributed by atoms with Crippen molar-refractivity contribution in [2.45, 2.75) is 44.3 Å². The molecule has 0 amide bonds. The van der Waals surface area contributed by atoms with E-state index in [9.17, 15) is 0 Å². The molecule has 3 rings (SSSR count). The van der Waals surface area contributed by atoms with Crippen molar-refractivity contribution in [3.05, 3.63) is 0 Å². The van der Waals surface area contributed by atoms with E-state index in [1.54, 1.807) is 0 Å². The standard InChI is InChI=1S/C12H22N2O/c1-11(2,3)13-8-12(9-13)4-5-14(12)10-6-15-7-10/h10H,4-9H2,1-3H3. The first-order valence-corrected chi connectivity index (χ1v) is 6.11. The van der Waals surface area contributed by atoms with Gasteiger partial charge in [-0.15, -0.1) is 0 Å². The van der Waals surface area contributed by atoms with Crippen LogP contribution in [0, 0.1) is 0 Å². The minimum atomic E-state index is 0.350. The molecule has 0 aromatic carbocycles.